The third-order valence-corrected chi connectivity index (χ3v) is 6.24. The summed E-state index contributed by atoms with van der Waals surface area (Å²) in [6.45, 7) is 3.35. The first-order valence-electron chi connectivity index (χ1n) is 11.1. The van der Waals surface area contributed by atoms with Crippen LogP contribution < -0.4 is 4.74 Å². The van der Waals surface area contributed by atoms with Gasteiger partial charge in [-0.2, -0.15) is 0 Å². The number of benzene rings is 3. The van der Waals surface area contributed by atoms with E-state index in [1.54, 1.807) is 19.5 Å². The van der Waals surface area contributed by atoms with Crippen molar-refractivity contribution in [3.63, 3.8) is 0 Å². The summed E-state index contributed by atoms with van der Waals surface area (Å²) in [5, 5.41) is 2.26. The van der Waals surface area contributed by atoms with E-state index in [4.69, 9.17) is 4.74 Å². The Kier molecular flexibility index (Phi) is 5.75. The number of hydrogen-bond donors (Lipinski definition) is 0. The number of piperazine rings is 1. The summed E-state index contributed by atoms with van der Waals surface area (Å²) in [7, 11) is 3.65. The van der Waals surface area contributed by atoms with Crippen LogP contribution in [-0.4, -0.2) is 66.0 Å². The zero-order valence-electron chi connectivity index (χ0n) is 18.9. The van der Waals surface area contributed by atoms with Gasteiger partial charge in [0.25, 0.3) is 5.91 Å². The van der Waals surface area contributed by atoms with Crippen LogP contribution in [0.15, 0.2) is 73.1 Å². The second-order valence-corrected chi connectivity index (χ2v) is 8.38. The molecule has 33 heavy (non-hydrogen) atoms. The molecule has 1 fully saturated rings. The first-order chi connectivity index (χ1) is 16.1. The Balaban J connectivity index is 1.51. The monoisotopic (exact) mass is 438 g/mol. The van der Waals surface area contributed by atoms with Crippen LogP contribution in [0.5, 0.6) is 6.01 Å². The molecule has 1 aromatic heterocycles. The number of hydrogen-bond acceptors (Lipinski definition) is 5. The molecule has 1 saturated heterocycles. The third-order valence-electron chi connectivity index (χ3n) is 6.24. The van der Waals surface area contributed by atoms with Gasteiger partial charge in [-0.15, -0.1) is 0 Å². The molecule has 0 aliphatic carbocycles. The fourth-order valence-corrected chi connectivity index (χ4v) is 4.29. The number of likely N-dealkylation sites (N-methyl/N-ethyl adjacent to an activating group) is 1. The first kappa shape index (κ1) is 21.1. The number of carbonyl (C=O) groups is 1. The van der Waals surface area contributed by atoms with Gasteiger partial charge in [0.2, 0.25) is 0 Å². The van der Waals surface area contributed by atoms with Crippen molar-refractivity contribution in [2.45, 2.75) is 0 Å². The number of nitrogens with zero attached hydrogens (tertiary/aromatic N) is 4. The largest absolute Gasteiger partial charge is 0.467 e. The van der Waals surface area contributed by atoms with E-state index in [2.05, 4.69) is 64.4 Å². The van der Waals surface area contributed by atoms with E-state index in [-0.39, 0.29) is 5.91 Å². The summed E-state index contributed by atoms with van der Waals surface area (Å²) in [5.74, 6) is 0.0984. The SMILES string of the molecule is COc1ncc(-c2ccc3cccc(-c4cccc(C(=O)N5CCN(C)CC5)c4)c3c2)cn1. The number of amides is 1. The van der Waals surface area contributed by atoms with Gasteiger partial charge in [0.1, 0.15) is 0 Å². The predicted octanol–water partition coefficient (Wildman–Crippen LogP) is 4.36. The highest BCUT2D eigenvalue weighted by Crippen LogP contribution is 2.32. The van der Waals surface area contributed by atoms with Crippen LogP contribution in [0.25, 0.3) is 33.0 Å². The summed E-state index contributed by atoms with van der Waals surface area (Å²) >= 11 is 0. The molecule has 6 nitrogen and oxygen atoms in total. The van der Waals surface area contributed by atoms with Gasteiger partial charge < -0.3 is 14.5 Å². The van der Waals surface area contributed by atoms with E-state index in [1.807, 2.05) is 23.1 Å². The minimum Gasteiger partial charge on any atom is -0.467 e. The van der Waals surface area contributed by atoms with E-state index in [0.717, 1.165) is 64.8 Å². The van der Waals surface area contributed by atoms with Gasteiger partial charge in [0.15, 0.2) is 0 Å². The normalized spacial score (nSPS) is 14.4. The van der Waals surface area contributed by atoms with Crippen molar-refractivity contribution in [1.29, 1.82) is 0 Å². The number of aromatic nitrogens is 2. The van der Waals surface area contributed by atoms with Crippen molar-refractivity contribution in [2.24, 2.45) is 0 Å². The standard InChI is InChI=1S/C27H26N4O2/c1-30-11-13-31(14-12-30)26(32)22-7-3-6-21(15-22)24-8-4-5-19-9-10-20(16-25(19)24)23-17-28-27(33-2)29-18-23/h3-10,15-18H,11-14H2,1-2H3. The Morgan fingerprint density at radius 1 is 0.848 bits per heavy atom. The maximum atomic E-state index is 13.1. The average Bonchev–Trinajstić information content (AvgIpc) is 2.88. The highest BCUT2D eigenvalue weighted by atomic mass is 16.5. The molecule has 2 heterocycles. The highest BCUT2D eigenvalue weighted by Gasteiger charge is 2.20. The zero-order valence-corrected chi connectivity index (χ0v) is 18.9. The molecule has 0 radical (unpaired) electrons. The molecule has 0 atom stereocenters. The number of carbonyl (C=O) groups excluding carboxylic acids is 1. The van der Waals surface area contributed by atoms with Gasteiger partial charge in [-0.1, -0.05) is 42.5 Å². The summed E-state index contributed by atoms with van der Waals surface area (Å²) < 4.78 is 5.08. The predicted molar refractivity (Wildman–Crippen MR) is 130 cm³/mol. The van der Waals surface area contributed by atoms with Crippen LogP contribution in [0.4, 0.5) is 0 Å². The van der Waals surface area contributed by atoms with Gasteiger partial charge in [-0.25, -0.2) is 9.97 Å². The Hall–Kier alpha value is -3.77. The summed E-state index contributed by atoms with van der Waals surface area (Å²) in [6.07, 6.45) is 3.54. The number of fused-ring (bicyclic) bond motifs is 1. The van der Waals surface area contributed by atoms with E-state index in [1.165, 1.54) is 0 Å². The van der Waals surface area contributed by atoms with Crippen LogP contribution in [0.3, 0.4) is 0 Å². The first-order valence-corrected chi connectivity index (χ1v) is 11.1. The minimum absolute atomic E-state index is 0.0984. The smallest absolute Gasteiger partial charge is 0.316 e. The van der Waals surface area contributed by atoms with Crippen LogP contribution >= 0.6 is 0 Å². The molecule has 6 heteroatoms. The molecule has 3 aromatic carbocycles. The van der Waals surface area contributed by atoms with Crippen LogP contribution in [0.2, 0.25) is 0 Å². The molecule has 0 unspecified atom stereocenters. The molecule has 166 valence electrons. The van der Waals surface area contributed by atoms with E-state index < -0.39 is 0 Å². The maximum absolute atomic E-state index is 13.1. The lowest BCUT2D eigenvalue weighted by molar-refractivity contribution is 0.0664. The molecule has 0 saturated carbocycles. The van der Waals surface area contributed by atoms with Crippen molar-refractivity contribution >= 4 is 16.7 Å². The second kappa shape index (κ2) is 9.00. The van der Waals surface area contributed by atoms with Crippen molar-refractivity contribution in [1.82, 2.24) is 19.8 Å². The lowest BCUT2D eigenvalue weighted by atomic mass is 9.94. The van der Waals surface area contributed by atoms with E-state index in [9.17, 15) is 4.79 Å². The van der Waals surface area contributed by atoms with Gasteiger partial charge in [0, 0.05) is 49.7 Å². The third kappa shape index (κ3) is 4.30. The van der Waals surface area contributed by atoms with Gasteiger partial charge in [0.05, 0.1) is 7.11 Å². The number of ether oxygens (including phenoxy) is 1. The van der Waals surface area contributed by atoms with Crippen LogP contribution in [-0.2, 0) is 0 Å². The molecular formula is C27H26N4O2. The maximum Gasteiger partial charge on any atom is 0.316 e. The highest BCUT2D eigenvalue weighted by molar-refractivity contribution is 6.01. The van der Waals surface area contributed by atoms with Crippen LogP contribution in [0.1, 0.15) is 10.4 Å². The molecule has 1 aliphatic heterocycles. The Bertz CT molecular complexity index is 1300. The quantitative estimate of drug-likeness (QED) is 0.474. The zero-order chi connectivity index (χ0) is 22.8. The molecule has 0 spiro atoms. The summed E-state index contributed by atoms with van der Waals surface area (Å²) in [5.41, 5.74) is 4.81. The van der Waals surface area contributed by atoms with Crippen LogP contribution in [0, 0.1) is 0 Å². The fraction of sp³-hybridized carbons (Fsp3) is 0.222. The fourth-order valence-electron chi connectivity index (χ4n) is 4.29. The molecule has 1 aliphatic rings. The minimum atomic E-state index is 0.0984. The lowest BCUT2D eigenvalue weighted by Gasteiger charge is -2.32. The van der Waals surface area contributed by atoms with Gasteiger partial charge in [-0.05, 0) is 52.7 Å². The molecule has 4 aromatic rings. The second-order valence-electron chi connectivity index (χ2n) is 8.38. The van der Waals surface area contributed by atoms with Crippen molar-refractivity contribution in [2.75, 3.05) is 40.3 Å². The van der Waals surface area contributed by atoms with Gasteiger partial charge >= 0.3 is 6.01 Å². The number of rotatable bonds is 4. The van der Waals surface area contributed by atoms with Crippen molar-refractivity contribution in [3.8, 4) is 28.3 Å². The molecule has 0 N–H and O–H groups in total. The van der Waals surface area contributed by atoms with E-state index in [0.29, 0.717) is 6.01 Å². The van der Waals surface area contributed by atoms with E-state index >= 15 is 0 Å². The summed E-state index contributed by atoms with van der Waals surface area (Å²) in [4.78, 5) is 25.8. The topological polar surface area (TPSA) is 58.6 Å². The molecule has 0 bridgehead atoms. The van der Waals surface area contributed by atoms with Crippen molar-refractivity contribution < 1.29 is 9.53 Å². The Morgan fingerprint density at radius 2 is 1.61 bits per heavy atom. The molecular weight excluding hydrogens is 412 g/mol. The average molecular weight is 439 g/mol. The van der Waals surface area contributed by atoms with Gasteiger partial charge in [-0.3, -0.25) is 4.79 Å². The Labute approximate surface area is 193 Å². The number of methoxy groups -OCH3 is 1. The summed E-state index contributed by atoms with van der Waals surface area (Å²) in [6, 6.07) is 20.9. The molecule has 5 rings (SSSR count). The lowest BCUT2D eigenvalue weighted by Crippen LogP contribution is -2.47. The van der Waals surface area contributed by atoms with Crippen molar-refractivity contribution in [3.05, 3.63) is 78.6 Å². The molecule has 1 amide bonds. The Morgan fingerprint density at radius 3 is 2.36 bits per heavy atom.